The Kier molecular flexibility index (Phi) is 4.38. The van der Waals surface area contributed by atoms with Crippen molar-refractivity contribution in [3.63, 3.8) is 0 Å². The van der Waals surface area contributed by atoms with Gasteiger partial charge in [0.05, 0.1) is 5.25 Å². The van der Waals surface area contributed by atoms with Crippen LogP contribution in [0.2, 0.25) is 0 Å². The third-order valence-corrected chi connectivity index (χ3v) is 7.96. The predicted octanol–water partition coefficient (Wildman–Crippen LogP) is 3.90. The van der Waals surface area contributed by atoms with Crippen molar-refractivity contribution >= 4 is 10.1 Å². The lowest BCUT2D eigenvalue weighted by Crippen LogP contribution is -2.62. The van der Waals surface area contributed by atoms with Gasteiger partial charge in [0, 0.05) is 5.54 Å². The molecule has 0 aromatic heterocycles. The Labute approximate surface area is 141 Å². The van der Waals surface area contributed by atoms with E-state index in [4.69, 9.17) is 10.3 Å². The lowest BCUT2D eigenvalue weighted by Gasteiger charge is -2.64. The van der Waals surface area contributed by atoms with Gasteiger partial charge in [0.25, 0.3) is 10.1 Å². The molecule has 4 nitrogen and oxygen atoms in total. The van der Waals surface area contributed by atoms with Gasteiger partial charge in [-0.2, -0.15) is 8.42 Å². The second-order valence-corrected chi connectivity index (χ2v) is 11.5. The van der Waals surface area contributed by atoms with Crippen LogP contribution in [0.3, 0.4) is 0 Å². The Bertz CT molecular complexity index is 502. The standard InChI is InChI=1S/C12H21N.C6H12O3S/c1-10-3-9-4-11(2,6-10)8-12(13,5-9)7-10;7-10(8,9)6-4-2-1-3-5-6/h9H,3-8,13H2,1-2H3;6H,1-5H2,(H,7,8,9). The van der Waals surface area contributed by atoms with Gasteiger partial charge in [0.1, 0.15) is 0 Å². The van der Waals surface area contributed by atoms with Gasteiger partial charge >= 0.3 is 0 Å². The topological polar surface area (TPSA) is 80.4 Å². The van der Waals surface area contributed by atoms with Crippen LogP contribution in [0.1, 0.15) is 84.5 Å². The van der Waals surface area contributed by atoms with E-state index in [9.17, 15) is 8.42 Å². The van der Waals surface area contributed by atoms with Crippen molar-refractivity contribution < 1.29 is 13.0 Å². The fourth-order valence-corrected chi connectivity index (χ4v) is 7.83. The van der Waals surface area contributed by atoms with Crippen molar-refractivity contribution in [3.8, 4) is 0 Å². The maximum absolute atomic E-state index is 10.5. The van der Waals surface area contributed by atoms with E-state index in [0.717, 1.165) is 25.2 Å². The molecule has 23 heavy (non-hydrogen) atoms. The molecule has 5 aliphatic rings. The fourth-order valence-electron chi connectivity index (χ4n) is 6.90. The summed E-state index contributed by atoms with van der Waals surface area (Å²) in [6, 6.07) is 0. The summed E-state index contributed by atoms with van der Waals surface area (Å²) in [7, 11) is -3.73. The van der Waals surface area contributed by atoms with E-state index in [2.05, 4.69) is 13.8 Å². The molecule has 2 unspecified atom stereocenters. The van der Waals surface area contributed by atoms with E-state index in [0.29, 0.717) is 23.7 Å². The fraction of sp³-hybridized carbons (Fsp3) is 1.00. The highest BCUT2D eigenvalue weighted by atomic mass is 32.2. The SMILES string of the molecule is CC12CC3CC(C)(C1)CC(N)(C3)C2.O=S(=O)(O)C1CCCCC1. The predicted molar refractivity (Wildman–Crippen MR) is 92.7 cm³/mol. The minimum atomic E-state index is -3.73. The summed E-state index contributed by atoms with van der Waals surface area (Å²) in [6.45, 7) is 4.94. The van der Waals surface area contributed by atoms with Crippen LogP contribution in [0.15, 0.2) is 0 Å². The third kappa shape index (κ3) is 3.93. The second-order valence-electron chi connectivity index (χ2n) is 9.77. The second kappa shape index (κ2) is 5.70. The summed E-state index contributed by atoms with van der Waals surface area (Å²) in [6.07, 6.45) is 12.5. The van der Waals surface area contributed by atoms with Crippen LogP contribution < -0.4 is 5.73 Å². The molecular weight excluding hydrogens is 310 g/mol. The van der Waals surface area contributed by atoms with Crippen molar-refractivity contribution in [2.75, 3.05) is 0 Å². The van der Waals surface area contributed by atoms with Crippen LogP contribution in [0.5, 0.6) is 0 Å². The maximum atomic E-state index is 10.5. The quantitative estimate of drug-likeness (QED) is 0.708. The van der Waals surface area contributed by atoms with E-state index < -0.39 is 15.4 Å². The number of hydrogen-bond donors (Lipinski definition) is 2. The van der Waals surface area contributed by atoms with Crippen molar-refractivity contribution in [3.05, 3.63) is 0 Å². The third-order valence-electron chi connectivity index (χ3n) is 6.64. The molecule has 0 spiro atoms. The molecule has 5 saturated carbocycles. The molecule has 0 aliphatic heterocycles. The Morgan fingerprint density at radius 3 is 1.78 bits per heavy atom. The minimum absolute atomic E-state index is 0.225. The summed E-state index contributed by atoms with van der Waals surface area (Å²) in [5.41, 5.74) is 7.92. The normalized spacial score (nSPS) is 46.3. The molecule has 134 valence electrons. The highest BCUT2D eigenvalue weighted by Crippen LogP contribution is 2.65. The summed E-state index contributed by atoms with van der Waals surface area (Å²) in [5.74, 6) is 0.955. The Balaban J connectivity index is 0.000000142. The molecule has 0 aromatic rings. The molecule has 0 heterocycles. The molecule has 5 heteroatoms. The van der Waals surface area contributed by atoms with E-state index in [1.54, 1.807) is 0 Å². The van der Waals surface area contributed by atoms with Crippen molar-refractivity contribution in [1.29, 1.82) is 0 Å². The van der Waals surface area contributed by atoms with E-state index >= 15 is 0 Å². The van der Waals surface area contributed by atoms with Crippen molar-refractivity contribution in [2.24, 2.45) is 22.5 Å². The zero-order valence-electron chi connectivity index (χ0n) is 14.7. The monoisotopic (exact) mass is 343 g/mol. The van der Waals surface area contributed by atoms with Gasteiger partial charge in [-0.05, 0) is 68.1 Å². The first-order valence-electron chi connectivity index (χ1n) is 9.26. The lowest BCUT2D eigenvalue weighted by atomic mass is 9.43. The first-order valence-corrected chi connectivity index (χ1v) is 10.8. The first kappa shape index (κ1) is 17.7. The Morgan fingerprint density at radius 2 is 1.43 bits per heavy atom. The molecule has 4 bridgehead atoms. The van der Waals surface area contributed by atoms with Crippen LogP contribution in [0.4, 0.5) is 0 Å². The zero-order chi connectivity index (χ0) is 16.9. The van der Waals surface area contributed by atoms with Gasteiger partial charge in [-0.1, -0.05) is 33.1 Å². The van der Waals surface area contributed by atoms with Gasteiger partial charge < -0.3 is 5.73 Å². The Morgan fingerprint density at radius 1 is 0.913 bits per heavy atom. The summed E-state index contributed by atoms with van der Waals surface area (Å²) < 4.78 is 29.7. The highest BCUT2D eigenvalue weighted by molar-refractivity contribution is 7.86. The molecule has 3 N–H and O–H groups in total. The van der Waals surface area contributed by atoms with E-state index in [1.165, 1.54) is 38.5 Å². The van der Waals surface area contributed by atoms with Gasteiger partial charge in [-0.25, -0.2) is 0 Å². The van der Waals surface area contributed by atoms with Crippen LogP contribution in [-0.4, -0.2) is 23.8 Å². The van der Waals surface area contributed by atoms with Crippen LogP contribution in [-0.2, 0) is 10.1 Å². The van der Waals surface area contributed by atoms with Gasteiger partial charge in [-0.15, -0.1) is 0 Å². The molecule has 0 radical (unpaired) electrons. The zero-order valence-corrected chi connectivity index (χ0v) is 15.5. The smallest absolute Gasteiger partial charge is 0.267 e. The van der Waals surface area contributed by atoms with Gasteiger partial charge in [0.2, 0.25) is 0 Å². The maximum Gasteiger partial charge on any atom is 0.267 e. The Hall–Kier alpha value is -0.130. The molecule has 0 saturated heterocycles. The highest BCUT2D eigenvalue weighted by Gasteiger charge is 2.58. The summed E-state index contributed by atoms with van der Waals surface area (Å²) >= 11 is 0. The van der Waals surface area contributed by atoms with Gasteiger partial charge in [0.15, 0.2) is 0 Å². The number of rotatable bonds is 1. The van der Waals surface area contributed by atoms with Crippen LogP contribution in [0.25, 0.3) is 0 Å². The molecule has 5 aliphatic carbocycles. The lowest BCUT2D eigenvalue weighted by molar-refractivity contribution is -0.104. The van der Waals surface area contributed by atoms with Crippen molar-refractivity contribution in [1.82, 2.24) is 0 Å². The van der Waals surface area contributed by atoms with Crippen LogP contribution in [0, 0.1) is 16.7 Å². The molecule has 0 aromatic carbocycles. The molecule has 2 atom stereocenters. The average molecular weight is 344 g/mol. The molecular formula is C18H33NO3S. The van der Waals surface area contributed by atoms with E-state index in [1.807, 2.05) is 0 Å². The molecule has 0 amide bonds. The summed E-state index contributed by atoms with van der Waals surface area (Å²) in [5, 5.41) is -0.471. The number of hydrogen-bond acceptors (Lipinski definition) is 3. The van der Waals surface area contributed by atoms with Gasteiger partial charge in [-0.3, -0.25) is 4.55 Å². The van der Waals surface area contributed by atoms with E-state index in [-0.39, 0.29) is 5.54 Å². The number of nitrogens with two attached hydrogens (primary N) is 1. The van der Waals surface area contributed by atoms with Crippen LogP contribution >= 0.6 is 0 Å². The first-order chi connectivity index (χ1) is 10.5. The summed E-state index contributed by atoms with van der Waals surface area (Å²) in [4.78, 5) is 0. The van der Waals surface area contributed by atoms with Crippen molar-refractivity contribution in [2.45, 2.75) is 95.3 Å². The molecule has 5 rings (SSSR count). The molecule has 5 fully saturated rings. The minimum Gasteiger partial charge on any atom is -0.325 e. The largest absolute Gasteiger partial charge is 0.325 e. The average Bonchev–Trinajstić information content (AvgIpc) is 2.33.